The summed E-state index contributed by atoms with van der Waals surface area (Å²) in [4.78, 5) is 41.1. The SMILES string of the molecule is COc1cc2[nH]c(=O)n(Cc3ccc(C(=O)NC(C)CCc4ccccc4)cc3)c(=O)c2cc1OC. The molecule has 2 N–H and O–H groups in total. The summed E-state index contributed by atoms with van der Waals surface area (Å²) in [5, 5.41) is 3.34. The van der Waals surface area contributed by atoms with Gasteiger partial charge in [-0.1, -0.05) is 42.5 Å². The molecule has 1 atom stereocenters. The van der Waals surface area contributed by atoms with Crippen molar-refractivity contribution in [3.63, 3.8) is 0 Å². The predicted molar refractivity (Wildman–Crippen MR) is 139 cm³/mol. The maximum absolute atomic E-state index is 13.1. The second kappa shape index (κ2) is 10.9. The summed E-state index contributed by atoms with van der Waals surface area (Å²) in [6.07, 6.45) is 1.72. The molecule has 4 aromatic rings. The number of rotatable bonds is 9. The first-order valence-corrected chi connectivity index (χ1v) is 11.7. The number of aromatic nitrogens is 2. The van der Waals surface area contributed by atoms with E-state index in [2.05, 4.69) is 22.4 Å². The summed E-state index contributed by atoms with van der Waals surface area (Å²) in [6.45, 7) is 2.05. The number of aryl methyl sites for hydroxylation is 1. The number of aromatic amines is 1. The van der Waals surface area contributed by atoms with Gasteiger partial charge in [0.1, 0.15) is 0 Å². The van der Waals surface area contributed by atoms with Crippen molar-refractivity contribution >= 4 is 16.8 Å². The first-order chi connectivity index (χ1) is 17.4. The van der Waals surface area contributed by atoms with Gasteiger partial charge in [-0.3, -0.25) is 14.2 Å². The van der Waals surface area contributed by atoms with Crippen molar-refractivity contribution in [3.05, 3.63) is 104 Å². The second-order valence-electron chi connectivity index (χ2n) is 8.67. The molecule has 1 heterocycles. The van der Waals surface area contributed by atoms with Crippen LogP contribution in [-0.2, 0) is 13.0 Å². The average Bonchev–Trinajstić information content (AvgIpc) is 2.90. The zero-order valence-corrected chi connectivity index (χ0v) is 20.5. The molecule has 0 saturated carbocycles. The number of H-pyrrole nitrogens is 1. The molecule has 1 amide bonds. The molecule has 186 valence electrons. The van der Waals surface area contributed by atoms with Gasteiger partial charge in [0.25, 0.3) is 11.5 Å². The summed E-state index contributed by atoms with van der Waals surface area (Å²) >= 11 is 0. The Morgan fingerprint density at radius 2 is 1.61 bits per heavy atom. The Balaban J connectivity index is 1.46. The Morgan fingerprint density at radius 3 is 2.28 bits per heavy atom. The van der Waals surface area contributed by atoms with Gasteiger partial charge in [-0.2, -0.15) is 0 Å². The van der Waals surface area contributed by atoms with Crippen molar-refractivity contribution in [2.45, 2.75) is 32.4 Å². The number of carbonyl (C=O) groups is 1. The summed E-state index contributed by atoms with van der Waals surface area (Å²) in [7, 11) is 2.97. The predicted octanol–water partition coefficient (Wildman–Crippen LogP) is 3.51. The molecule has 0 fully saturated rings. The van der Waals surface area contributed by atoms with E-state index in [1.54, 1.807) is 36.4 Å². The lowest BCUT2D eigenvalue weighted by Crippen LogP contribution is -2.35. The molecule has 3 aromatic carbocycles. The van der Waals surface area contributed by atoms with Crippen LogP contribution in [0.2, 0.25) is 0 Å². The second-order valence-corrected chi connectivity index (χ2v) is 8.67. The minimum atomic E-state index is -0.534. The summed E-state index contributed by atoms with van der Waals surface area (Å²) in [6, 6.07) is 20.2. The van der Waals surface area contributed by atoms with Crippen LogP contribution in [0.1, 0.15) is 34.8 Å². The number of benzene rings is 3. The van der Waals surface area contributed by atoms with Crippen molar-refractivity contribution in [1.29, 1.82) is 0 Å². The molecule has 0 aliphatic rings. The Morgan fingerprint density at radius 1 is 0.944 bits per heavy atom. The first kappa shape index (κ1) is 24.8. The molecule has 0 radical (unpaired) electrons. The highest BCUT2D eigenvalue weighted by molar-refractivity contribution is 5.94. The molecule has 0 aliphatic heterocycles. The van der Waals surface area contributed by atoms with Crippen molar-refractivity contribution in [3.8, 4) is 11.5 Å². The number of carbonyl (C=O) groups excluding carboxylic acids is 1. The third-order valence-electron chi connectivity index (χ3n) is 6.13. The van der Waals surface area contributed by atoms with Gasteiger partial charge >= 0.3 is 5.69 Å². The topological polar surface area (TPSA) is 102 Å². The lowest BCUT2D eigenvalue weighted by Gasteiger charge is -2.14. The van der Waals surface area contributed by atoms with Gasteiger partial charge in [-0.15, -0.1) is 0 Å². The van der Waals surface area contributed by atoms with Crippen LogP contribution in [-0.4, -0.2) is 35.7 Å². The maximum Gasteiger partial charge on any atom is 0.329 e. The molecule has 8 heteroatoms. The molecule has 0 aliphatic carbocycles. The van der Waals surface area contributed by atoms with E-state index in [1.807, 2.05) is 25.1 Å². The third kappa shape index (κ3) is 5.49. The quantitative estimate of drug-likeness (QED) is 0.376. The van der Waals surface area contributed by atoms with Crippen LogP contribution in [0.25, 0.3) is 10.9 Å². The third-order valence-corrected chi connectivity index (χ3v) is 6.13. The number of amides is 1. The van der Waals surface area contributed by atoms with E-state index >= 15 is 0 Å². The zero-order valence-electron chi connectivity index (χ0n) is 20.5. The minimum absolute atomic E-state index is 0.0164. The Kier molecular flexibility index (Phi) is 7.53. The van der Waals surface area contributed by atoms with Gasteiger partial charge in [0.2, 0.25) is 0 Å². The molecule has 0 spiro atoms. The smallest absolute Gasteiger partial charge is 0.329 e. The molecule has 8 nitrogen and oxygen atoms in total. The van der Waals surface area contributed by atoms with Crippen LogP contribution in [0.5, 0.6) is 11.5 Å². The van der Waals surface area contributed by atoms with E-state index in [0.717, 1.165) is 23.0 Å². The lowest BCUT2D eigenvalue weighted by atomic mass is 10.1. The molecule has 1 aromatic heterocycles. The average molecular weight is 488 g/mol. The number of hydrogen-bond acceptors (Lipinski definition) is 5. The van der Waals surface area contributed by atoms with E-state index in [1.165, 1.54) is 19.8 Å². The van der Waals surface area contributed by atoms with Crippen LogP contribution in [0, 0.1) is 0 Å². The van der Waals surface area contributed by atoms with Crippen LogP contribution >= 0.6 is 0 Å². The summed E-state index contributed by atoms with van der Waals surface area (Å²) in [5.74, 6) is 0.652. The van der Waals surface area contributed by atoms with Crippen LogP contribution in [0.3, 0.4) is 0 Å². The first-order valence-electron chi connectivity index (χ1n) is 11.7. The van der Waals surface area contributed by atoms with Gasteiger partial charge in [0, 0.05) is 17.7 Å². The maximum atomic E-state index is 13.1. The molecule has 1 unspecified atom stereocenters. The lowest BCUT2D eigenvalue weighted by molar-refractivity contribution is 0.0938. The van der Waals surface area contributed by atoms with Crippen molar-refractivity contribution in [2.75, 3.05) is 14.2 Å². The zero-order chi connectivity index (χ0) is 25.7. The Hall–Kier alpha value is -4.33. The number of hydrogen-bond donors (Lipinski definition) is 2. The van der Waals surface area contributed by atoms with E-state index in [9.17, 15) is 14.4 Å². The van der Waals surface area contributed by atoms with E-state index in [-0.39, 0.29) is 18.5 Å². The molecule has 4 rings (SSSR count). The van der Waals surface area contributed by atoms with Gasteiger partial charge < -0.3 is 19.8 Å². The molecular weight excluding hydrogens is 458 g/mol. The monoisotopic (exact) mass is 487 g/mol. The summed E-state index contributed by atoms with van der Waals surface area (Å²) in [5.41, 5.74) is 1.86. The highest BCUT2D eigenvalue weighted by Gasteiger charge is 2.14. The van der Waals surface area contributed by atoms with Gasteiger partial charge in [0.05, 0.1) is 31.7 Å². The number of ether oxygens (including phenoxy) is 2. The van der Waals surface area contributed by atoms with Crippen molar-refractivity contribution in [1.82, 2.24) is 14.9 Å². The van der Waals surface area contributed by atoms with E-state index in [4.69, 9.17) is 9.47 Å². The fourth-order valence-electron chi connectivity index (χ4n) is 4.07. The highest BCUT2D eigenvalue weighted by atomic mass is 16.5. The Labute approximate surface area is 208 Å². The van der Waals surface area contributed by atoms with Crippen LogP contribution in [0.15, 0.2) is 76.3 Å². The molecular formula is C28H29N3O5. The number of nitrogens with one attached hydrogen (secondary N) is 2. The fraction of sp³-hybridized carbons (Fsp3) is 0.250. The van der Waals surface area contributed by atoms with E-state index in [0.29, 0.717) is 28.0 Å². The highest BCUT2D eigenvalue weighted by Crippen LogP contribution is 2.29. The van der Waals surface area contributed by atoms with E-state index < -0.39 is 11.2 Å². The largest absolute Gasteiger partial charge is 0.493 e. The standard InChI is InChI=1S/C28H29N3O5/c1-18(9-10-19-7-5-4-6-8-19)29-26(32)21-13-11-20(12-14-21)17-31-27(33)22-15-24(35-2)25(36-3)16-23(22)30-28(31)34/h4-8,11-16,18H,9-10,17H2,1-3H3,(H,29,32)(H,30,34). The molecule has 0 bridgehead atoms. The van der Waals surface area contributed by atoms with Gasteiger partial charge in [-0.05, 0) is 49.1 Å². The molecule has 36 heavy (non-hydrogen) atoms. The van der Waals surface area contributed by atoms with Crippen molar-refractivity contribution < 1.29 is 14.3 Å². The van der Waals surface area contributed by atoms with Crippen LogP contribution < -0.4 is 26.0 Å². The van der Waals surface area contributed by atoms with Crippen molar-refractivity contribution in [2.24, 2.45) is 0 Å². The van der Waals surface area contributed by atoms with Gasteiger partial charge in [-0.25, -0.2) is 4.79 Å². The fourth-order valence-corrected chi connectivity index (χ4v) is 4.07. The minimum Gasteiger partial charge on any atom is -0.493 e. The van der Waals surface area contributed by atoms with Crippen LogP contribution in [0.4, 0.5) is 0 Å². The number of nitrogens with zero attached hydrogens (tertiary/aromatic N) is 1. The number of fused-ring (bicyclic) bond motifs is 1. The molecule has 0 saturated heterocycles. The van der Waals surface area contributed by atoms with Gasteiger partial charge in [0.15, 0.2) is 11.5 Å². The summed E-state index contributed by atoms with van der Waals surface area (Å²) < 4.78 is 11.7. The number of methoxy groups -OCH3 is 2. The normalized spacial score (nSPS) is 11.8. The Bertz CT molecular complexity index is 1470.